The molecule has 3 aromatic carbocycles. The van der Waals surface area contributed by atoms with Crippen LogP contribution in [0.4, 0.5) is 4.79 Å². The van der Waals surface area contributed by atoms with E-state index in [1.165, 1.54) is 39.7 Å². The summed E-state index contributed by atoms with van der Waals surface area (Å²) in [7, 11) is 196. The summed E-state index contributed by atoms with van der Waals surface area (Å²) in [5.41, 5.74) is 7.93. The number of carbonyl (C=O) groups excluding carboxylic acids is 2. The van der Waals surface area contributed by atoms with Gasteiger partial charge in [0.05, 0.1) is 6.04 Å². The molecule has 117 heteroatoms. The lowest BCUT2D eigenvalue weighted by molar-refractivity contribution is -0.139. The zero-order chi connectivity index (χ0) is 106. The van der Waals surface area contributed by atoms with Crippen LogP contribution < -0.4 is 5.73 Å². The Bertz CT molecular complexity index is 10500. The number of carbonyl (C=O) groups is 2. The van der Waals surface area contributed by atoms with Crippen molar-refractivity contribution in [2.45, 2.75) is 45.2 Å². The van der Waals surface area contributed by atoms with Crippen LogP contribution in [0.15, 0.2) is 66.7 Å². The number of fused-ring (bicyclic) bond motifs is 1. The lowest BCUT2D eigenvalue weighted by Gasteiger charge is -2.47. The second-order valence-corrected chi connectivity index (χ2v) is 210. The summed E-state index contributed by atoms with van der Waals surface area (Å²) in [6, 6.07) is 23.1. The Balaban J connectivity index is 0.000000968. The monoisotopic (exact) mass is 4060 g/mol. The van der Waals surface area contributed by atoms with Crippen LogP contribution in [0.2, 0.25) is 5.02 Å². The van der Waals surface area contributed by atoms with Gasteiger partial charge in [-0.3, -0.25) is 9.69 Å². The van der Waals surface area contributed by atoms with E-state index in [0.717, 1.165) is 31.0 Å². The third-order valence-corrected chi connectivity index (χ3v) is 250. The van der Waals surface area contributed by atoms with Crippen LogP contribution in [0.3, 0.4) is 0 Å². The van der Waals surface area contributed by atoms with Gasteiger partial charge in [-0.05, 0) is 58.7 Å². The Morgan fingerprint density at radius 1 is 0.275 bits per heavy atom. The number of piperidine rings is 1. The molecule has 0 bridgehead atoms. The van der Waals surface area contributed by atoms with Crippen molar-refractivity contribution < 1.29 is 9.59 Å². The number of nitrogens with zero attached hydrogens (tertiary/aromatic N) is 3. The number of primary amides is 1. The van der Waals surface area contributed by atoms with Gasteiger partial charge in [-0.1, -0.05) is 80.0 Å². The second kappa shape index (κ2) is 132. The minimum atomic E-state index is -0.364. The minimum absolute atomic E-state index is 0.0602. The molecule has 0 radical (unpaired) electrons. The summed E-state index contributed by atoms with van der Waals surface area (Å²) in [4.78, 5) is 31.5. The van der Waals surface area contributed by atoms with E-state index >= 15 is 0 Å². The Morgan fingerprint density at radius 3 is 0.678 bits per heavy atom. The van der Waals surface area contributed by atoms with E-state index in [-0.39, 0.29) is 24.0 Å². The van der Waals surface area contributed by atoms with Gasteiger partial charge in [0.2, 0.25) is 5.91 Å². The fraction of sp³-hybridized carbons (Fsp3) is 0.438. The first-order valence-electron chi connectivity index (χ1n) is 32.3. The number of benzene rings is 3. The fourth-order valence-corrected chi connectivity index (χ4v) is 299. The van der Waals surface area contributed by atoms with E-state index in [0.29, 0.717) is 37.9 Å². The molecule has 5 rings (SSSR count). The molecule has 2 heterocycles. The predicted octanol–water partition coefficient (Wildman–Crippen LogP) is 5.67. The van der Waals surface area contributed by atoms with Gasteiger partial charge in [-0.2, -0.15) is 0 Å². The number of hydrogen-bond acceptors (Lipinski definition) is 5. The maximum atomic E-state index is 13.6. The van der Waals surface area contributed by atoms with E-state index < -0.39 is 0 Å². The quantitative estimate of drug-likeness (QED) is 0.345. The summed E-state index contributed by atoms with van der Waals surface area (Å²) in [6.07, 6.45) is 2.21. The van der Waals surface area contributed by atoms with E-state index in [4.69, 9.17) is 39.7 Å². The van der Waals surface area contributed by atoms with Crippen molar-refractivity contribution in [3.8, 4) is 0 Å². The molecule has 3 aromatic rings. The third-order valence-electron chi connectivity index (χ3n) is 11.6. The van der Waals surface area contributed by atoms with Crippen LogP contribution in [-0.4, -0.2) is 65.4 Å². The van der Waals surface area contributed by atoms with Crippen molar-refractivity contribution in [1.29, 1.82) is 0 Å². The van der Waals surface area contributed by atoms with E-state index in [1.54, 1.807) is 111 Å². The summed E-state index contributed by atoms with van der Waals surface area (Å²) in [6.45, 7) is 8.03. The molecule has 0 aliphatic carbocycles. The van der Waals surface area contributed by atoms with Crippen molar-refractivity contribution >= 4 is 1020 Å². The smallest absolute Gasteiger partial charge is 0.314 e. The number of halogens is 1. The first kappa shape index (κ1) is 162. The maximum Gasteiger partial charge on any atom is 0.314 e. The molecule has 6 nitrogen and oxygen atoms in total. The SMILES string of the molecule is CC(C)[C@H]1CN(C(c2ccc(Cl)cc2)c2cccc3ccccc23)CCN1C(=O)CC1CCN(C(N)=O)CC1.S=S=S=S=S=S=S=S=S=S=S=S=S=S=S=S=S=S=S=S=S=S=S=S=S=S=S=S=S=S=S=S=S=S=S=S=S=S=S=S=S=S=S=S=S=S=S=S=S=S=S=S=S=S=S=S=S=S=S=S=S=S=S=S=S=S=S=S=S=S=S=S=S=S=S=S=S=S=S=S=S=S=S=S=S=S=S=S=S=S=S=S=S=S=S=S=S=S=S=S=S=S=S=S=S=S=S=S=S=S. The minimum Gasteiger partial charge on any atom is -0.351 e. The van der Waals surface area contributed by atoms with Crippen LogP contribution in [-0.2, 0) is 986 Å². The van der Waals surface area contributed by atoms with Crippen molar-refractivity contribution in [3.63, 3.8) is 0 Å². The van der Waals surface area contributed by atoms with Crippen molar-refractivity contribution in [2.75, 3.05) is 32.7 Å². The van der Waals surface area contributed by atoms with Gasteiger partial charge in [0.15, 0.2) is 0 Å². The fourth-order valence-electron chi connectivity index (χ4n) is 7.59. The highest BCUT2D eigenvalue weighted by Crippen LogP contribution is 2.37. The van der Waals surface area contributed by atoms with Crippen LogP contribution in [0, 0.1) is 11.8 Å². The maximum absolute atomic E-state index is 13.6. The van der Waals surface area contributed by atoms with Gasteiger partial charge in [-0.25, -0.2) is 4.79 Å². The third kappa shape index (κ3) is 107. The van der Waals surface area contributed by atoms with Crippen molar-refractivity contribution in [1.82, 2.24) is 14.7 Å². The van der Waals surface area contributed by atoms with Gasteiger partial charge in [0.25, 0.3) is 0 Å². The molecule has 2 saturated heterocycles. The molecule has 0 spiro atoms. The number of hydrogen-bond donors (Lipinski definition) is 1. The molecule has 0 aromatic heterocycles. The summed E-state index contributed by atoms with van der Waals surface area (Å²) in [5, 5.41) is 3.21. The summed E-state index contributed by atoms with van der Waals surface area (Å²) in [5.74, 6) is 0.863. The van der Waals surface area contributed by atoms with Gasteiger partial charge in [0, 0.05) is 1030 Å². The molecule has 1 unspecified atom stereocenters. The van der Waals surface area contributed by atoms with Gasteiger partial charge < -0.3 is 15.5 Å². The van der Waals surface area contributed by atoms with E-state index in [9.17, 15) is 9.59 Å². The molecular weight excluding hydrogens is 4040 g/mol. The topological polar surface area (TPSA) is 69.9 Å². The second-order valence-electron chi connectivity index (χ2n) is 18.7. The highest BCUT2D eigenvalue weighted by molar-refractivity contribution is 8.88. The van der Waals surface area contributed by atoms with Gasteiger partial charge in [0.1, 0.15) is 0 Å². The molecule has 2 atom stereocenters. The van der Waals surface area contributed by atoms with Gasteiger partial charge >= 0.3 is 6.03 Å². The summed E-state index contributed by atoms with van der Waals surface area (Å²) >= 11 is 15.9. The van der Waals surface area contributed by atoms with Crippen LogP contribution in [0.1, 0.15) is 50.3 Å². The number of likely N-dealkylation sites (tertiary alicyclic amines) is 1. The van der Waals surface area contributed by atoms with E-state index in [1.807, 2.05) is 847 Å². The lowest BCUT2D eigenvalue weighted by Crippen LogP contribution is -2.58. The van der Waals surface area contributed by atoms with E-state index in [2.05, 4.69) is 78.2 Å². The number of piperazine rings is 1. The first-order valence-corrected chi connectivity index (χ1v) is 178. The molecular formula is C32H39ClN4O2S110. The first-order chi connectivity index (χ1) is 73.7. The Morgan fingerprint density at radius 2 is 0.477 bits per heavy atom. The highest BCUT2D eigenvalue weighted by Gasteiger charge is 2.37. The largest absolute Gasteiger partial charge is 0.351 e. The number of urea groups is 1. The molecule has 866 valence electrons. The zero-order valence-corrected chi connectivity index (χ0v) is 158. The standard InChI is InChI=1S/C32H39ClN4O2.S110/c1-22(2)29-21-36(18-19-37(29)30(38)20-23-14-16-35(17-15-23)32(34)39)31(25-10-12-26(33)13-11-25)28-9-5-7-24-6-3-4-8-27(24)28;1-3-5-7-9-11-13-15-17-19-21-23-25-27-29-31-33-35-37-39-41-43-45-47-49-51-53-55-57-59-61-63-65-67-69-71-73-75-77-79-81-83-85-87-89-91-93-95-97-99-101-103-105-107-109-110-108-106-104-102-100-98-96-94-92-90-88-86-84-82-80-78-76-74-72-70-68-66-64-62-60-58-56-54-52-50-48-46-44-42-40-38-36-34-32-30-28-26-24-22-20-18-16-14-12-10-8-6-4-2/h3-13,22-23,29,31H,14-21H2,1-2H3,(H2,34,39);/t29-,31?;/m1./s1. The normalized spacial score (nSPS) is 11.0. The number of rotatable bonds is 6. The van der Waals surface area contributed by atoms with Gasteiger partial charge in [-0.15, -0.1) is 0 Å². The van der Waals surface area contributed by atoms with Crippen LogP contribution in [0.5, 0.6) is 0 Å². The average molecular weight is 4070 g/mol. The molecule has 0 saturated carbocycles. The molecule has 3 amide bonds. The molecule has 2 aliphatic rings. The summed E-state index contributed by atoms with van der Waals surface area (Å²) < 4.78 is 0. The average Bonchev–Trinajstić information content (AvgIpc) is 0.770. The van der Waals surface area contributed by atoms with Crippen LogP contribution in [0.25, 0.3) is 10.8 Å². The van der Waals surface area contributed by atoms with Crippen molar-refractivity contribution in [3.05, 3.63) is 82.9 Å². The Kier molecular flexibility index (Phi) is 144. The predicted molar refractivity (Wildman–Crippen MR) is 968 cm³/mol. The molecule has 2 N–H and O–H groups in total. The molecule has 149 heavy (non-hydrogen) atoms. The number of nitrogens with two attached hydrogens (primary N) is 1. The zero-order valence-electron chi connectivity index (χ0n) is 67.8. The Hall–Kier alpha value is 21.1. The van der Waals surface area contributed by atoms with Crippen molar-refractivity contribution in [2.24, 2.45) is 17.6 Å². The molecule has 2 fully saturated rings. The lowest BCUT2D eigenvalue weighted by atomic mass is 9.89. The highest BCUT2D eigenvalue weighted by atomic mass is 35.5. The number of amides is 3. The van der Waals surface area contributed by atoms with Crippen LogP contribution >= 0.6 is 11.6 Å². The molecule has 2 aliphatic heterocycles. The Labute approximate surface area is 1180 Å².